The zero-order chi connectivity index (χ0) is 22.9. The van der Waals surface area contributed by atoms with Crippen molar-refractivity contribution in [1.82, 2.24) is 19.7 Å². The third-order valence-electron chi connectivity index (χ3n) is 6.59. The fourth-order valence-corrected chi connectivity index (χ4v) is 5.22. The number of halogens is 3. The standard InChI is InChI=1S/C25H27Cl2FN4O/c1-16(24-22(26)4-5-23(28)25(24)27)33-21-10-18(11-29-13-21)19-12-30-32(15-19)20-6-8-31(9-7-20)14-17-2-3-17/h4-5,10-13,15-17,20H,2-3,6-9,14H2,1H3/t16-/m1/s1. The fourth-order valence-electron chi connectivity index (χ4n) is 4.54. The van der Waals surface area contributed by atoms with Gasteiger partial charge in [0.15, 0.2) is 0 Å². The molecule has 0 spiro atoms. The highest BCUT2D eigenvalue weighted by molar-refractivity contribution is 6.36. The van der Waals surface area contributed by atoms with Crippen molar-refractivity contribution in [2.75, 3.05) is 19.6 Å². The Morgan fingerprint density at radius 3 is 2.64 bits per heavy atom. The van der Waals surface area contributed by atoms with E-state index in [4.69, 9.17) is 27.9 Å². The highest BCUT2D eigenvalue weighted by atomic mass is 35.5. The molecule has 3 aromatic rings. The van der Waals surface area contributed by atoms with Crippen LogP contribution in [0, 0.1) is 11.7 Å². The molecule has 1 atom stereocenters. The smallest absolute Gasteiger partial charge is 0.142 e. The molecule has 1 saturated heterocycles. The van der Waals surface area contributed by atoms with Gasteiger partial charge in [-0.2, -0.15) is 5.10 Å². The molecule has 2 fully saturated rings. The van der Waals surface area contributed by atoms with E-state index < -0.39 is 11.9 Å². The summed E-state index contributed by atoms with van der Waals surface area (Å²) in [7, 11) is 0. The summed E-state index contributed by atoms with van der Waals surface area (Å²) in [5, 5.41) is 4.98. The molecule has 5 rings (SSSR count). The van der Waals surface area contributed by atoms with Crippen LogP contribution in [0.1, 0.15) is 50.3 Å². The first-order valence-corrected chi connectivity index (χ1v) is 12.3. The highest BCUT2D eigenvalue weighted by Gasteiger charge is 2.28. The monoisotopic (exact) mass is 488 g/mol. The first-order valence-electron chi connectivity index (χ1n) is 11.5. The molecule has 8 heteroatoms. The number of hydrogen-bond donors (Lipinski definition) is 0. The second-order valence-corrected chi connectivity index (χ2v) is 9.90. The lowest BCUT2D eigenvalue weighted by molar-refractivity contribution is 0.174. The molecule has 174 valence electrons. The SMILES string of the molecule is C[C@@H](Oc1cncc(-c2cnn(C3CCN(CC4CC4)CC3)c2)c1)c1c(Cl)ccc(F)c1Cl. The van der Waals surface area contributed by atoms with Gasteiger partial charge in [-0.3, -0.25) is 9.67 Å². The number of piperidine rings is 1. The number of pyridine rings is 1. The van der Waals surface area contributed by atoms with Crippen molar-refractivity contribution < 1.29 is 9.13 Å². The number of hydrogen-bond acceptors (Lipinski definition) is 4. The molecule has 1 aromatic carbocycles. The lowest BCUT2D eigenvalue weighted by Crippen LogP contribution is -2.36. The van der Waals surface area contributed by atoms with Crippen LogP contribution >= 0.6 is 23.2 Å². The lowest BCUT2D eigenvalue weighted by Gasteiger charge is -2.32. The van der Waals surface area contributed by atoms with E-state index in [1.165, 1.54) is 31.5 Å². The Labute approximate surface area is 203 Å². The van der Waals surface area contributed by atoms with Crippen molar-refractivity contribution in [2.24, 2.45) is 5.92 Å². The minimum atomic E-state index is -0.540. The Morgan fingerprint density at radius 2 is 1.88 bits per heavy atom. The van der Waals surface area contributed by atoms with Gasteiger partial charge in [-0.05, 0) is 56.7 Å². The number of nitrogens with zero attached hydrogens (tertiary/aromatic N) is 4. The molecule has 0 bridgehead atoms. The van der Waals surface area contributed by atoms with Crippen molar-refractivity contribution in [1.29, 1.82) is 0 Å². The molecular weight excluding hydrogens is 462 g/mol. The number of ether oxygens (including phenoxy) is 1. The van der Waals surface area contributed by atoms with Crippen molar-refractivity contribution >= 4 is 23.2 Å². The molecule has 0 N–H and O–H groups in total. The highest BCUT2D eigenvalue weighted by Crippen LogP contribution is 2.36. The van der Waals surface area contributed by atoms with Gasteiger partial charge in [0.05, 0.1) is 23.5 Å². The van der Waals surface area contributed by atoms with Gasteiger partial charge < -0.3 is 9.64 Å². The van der Waals surface area contributed by atoms with E-state index in [-0.39, 0.29) is 5.02 Å². The third-order valence-corrected chi connectivity index (χ3v) is 7.31. The van der Waals surface area contributed by atoms with Crippen LogP contribution in [0.5, 0.6) is 5.75 Å². The van der Waals surface area contributed by atoms with Gasteiger partial charge in [0, 0.05) is 53.7 Å². The molecule has 1 saturated carbocycles. The summed E-state index contributed by atoms with van der Waals surface area (Å²) >= 11 is 12.4. The van der Waals surface area contributed by atoms with Crippen LogP contribution in [0.4, 0.5) is 4.39 Å². The molecule has 0 unspecified atom stereocenters. The first kappa shape index (κ1) is 22.6. The van der Waals surface area contributed by atoms with Crippen LogP contribution in [0.25, 0.3) is 11.1 Å². The fraction of sp³-hybridized carbons (Fsp3) is 0.440. The van der Waals surface area contributed by atoms with E-state index in [9.17, 15) is 4.39 Å². The van der Waals surface area contributed by atoms with Gasteiger partial charge in [0.2, 0.25) is 0 Å². The molecule has 1 aliphatic heterocycles. The maximum atomic E-state index is 13.9. The summed E-state index contributed by atoms with van der Waals surface area (Å²) in [5.74, 6) is 0.970. The van der Waals surface area contributed by atoms with Gasteiger partial charge in [0.25, 0.3) is 0 Å². The summed E-state index contributed by atoms with van der Waals surface area (Å²) in [4.78, 5) is 6.93. The normalized spacial score (nSPS) is 18.4. The summed E-state index contributed by atoms with van der Waals surface area (Å²) in [6, 6.07) is 5.07. The van der Waals surface area contributed by atoms with E-state index in [1.807, 2.05) is 12.3 Å². The molecule has 1 aliphatic carbocycles. The minimum absolute atomic E-state index is 0.0245. The second-order valence-electron chi connectivity index (χ2n) is 9.11. The van der Waals surface area contributed by atoms with Crippen molar-refractivity contribution in [3.05, 3.63) is 64.4 Å². The molecule has 2 aromatic heterocycles. The van der Waals surface area contributed by atoms with Crippen molar-refractivity contribution in [3.8, 4) is 16.9 Å². The topological polar surface area (TPSA) is 43.2 Å². The molecule has 2 aliphatic rings. The van der Waals surface area contributed by atoms with Gasteiger partial charge in [-0.1, -0.05) is 23.2 Å². The second kappa shape index (κ2) is 9.61. The molecule has 5 nitrogen and oxygen atoms in total. The average molecular weight is 489 g/mol. The first-order chi connectivity index (χ1) is 16.0. The number of benzene rings is 1. The Bertz CT molecular complexity index is 1130. The van der Waals surface area contributed by atoms with E-state index in [0.29, 0.717) is 22.4 Å². The Kier molecular flexibility index (Phi) is 6.59. The molecule has 3 heterocycles. The molecule has 0 radical (unpaired) electrons. The zero-order valence-corrected chi connectivity index (χ0v) is 20.1. The largest absolute Gasteiger partial charge is 0.484 e. The average Bonchev–Trinajstić information content (AvgIpc) is 3.48. The summed E-state index contributed by atoms with van der Waals surface area (Å²) in [6.07, 6.45) is 11.9. The van der Waals surface area contributed by atoms with E-state index in [1.54, 1.807) is 19.3 Å². The van der Waals surface area contributed by atoms with Crippen LogP contribution in [0.2, 0.25) is 10.0 Å². The van der Waals surface area contributed by atoms with E-state index in [0.717, 1.165) is 43.0 Å². The van der Waals surface area contributed by atoms with Crippen molar-refractivity contribution in [3.63, 3.8) is 0 Å². The third kappa shape index (κ3) is 5.18. The van der Waals surface area contributed by atoms with E-state index >= 15 is 0 Å². The molecule has 0 amide bonds. The molecular formula is C25H27Cl2FN4O. The predicted molar refractivity (Wildman–Crippen MR) is 128 cm³/mol. The van der Waals surface area contributed by atoms with Crippen LogP contribution in [0.3, 0.4) is 0 Å². The van der Waals surface area contributed by atoms with Crippen LogP contribution in [-0.4, -0.2) is 39.3 Å². The van der Waals surface area contributed by atoms with E-state index in [2.05, 4.69) is 25.9 Å². The Balaban J connectivity index is 1.26. The number of likely N-dealkylation sites (tertiary alicyclic amines) is 1. The summed E-state index contributed by atoms with van der Waals surface area (Å²) in [5.41, 5.74) is 2.32. The van der Waals surface area contributed by atoms with Gasteiger partial charge in [0.1, 0.15) is 17.7 Å². The summed E-state index contributed by atoms with van der Waals surface area (Å²) in [6.45, 7) is 5.33. The molecule has 33 heavy (non-hydrogen) atoms. The van der Waals surface area contributed by atoms with Gasteiger partial charge in [-0.15, -0.1) is 0 Å². The predicted octanol–water partition coefficient (Wildman–Crippen LogP) is 6.58. The maximum absolute atomic E-state index is 13.9. The Hall–Kier alpha value is -2.15. The summed E-state index contributed by atoms with van der Waals surface area (Å²) < 4.78 is 22.0. The van der Waals surface area contributed by atoms with Gasteiger partial charge in [-0.25, -0.2) is 4.39 Å². The van der Waals surface area contributed by atoms with Crippen LogP contribution < -0.4 is 4.74 Å². The Morgan fingerprint density at radius 1 is 1.09 bits per heavy atom. The lowest BCUT2D eigenvalue weighted by atomic mass is 10.0. The maximum Gasteiger partial charge on any atom is 0.142 e. The quantitative estimate of drug-likeness (QED) is 0.352. The van der Waals surface area contributed by atoms with Gasteiger partial charge >= 0.3 is 0 Å². The van der Waals surface area contributed by atoms with Crippen molar-refractivity contribution in [2.45, 2.75) is 44.8 Å². The minimum Gasteiger partial charge on any atom is -0.484 e. The van der Waals surface area contributed by atoms with Crippen LogP contribution in [0.15, 0.2) is 43.0 Å². The zero-order valence-electron chi connectivity index (χ0n) is 18.6. The number of rotatable bonds is 7. The van der Waals surface area contributed by atoms with Crippen LogP contribution in [-0.2, 0) is 0 Å². The number of aromatic nitrogens is 3.